The van der Waals surface area contributed by atoms with Crippen LogP contribution in [0.5, 0.6) is 0 Å². The second-order valence-electron chi connectivity index (χ2n) is 4.12. The van der Waals surface area contributed by atoms with Crippen LogP contribution < -0.4 is 4.90 Å². The van der Waals surface area contributed by atoms with Gasteiger partial charge in [-0.1, -0.05) is 18.2 Å². The van der Waals surface area contributed by atoms with E-state index in [4.69, 9.17) is 4.74 Å². The Balaban J connectivity index is 2.56. The molecule has 0 spiro atoms. The predicted molar refractivity (Wildman–Crippen MR) is 63.4 cm³/mol. The zero-order valence-electron chi connectivity index (χ0n) is 9.73. The summed E-state index contributed by atoms with van der Waals surface area (Å²) >= 11 is 0. The Morgan fingerprint density at radius 2 is 2.06 bits per heavy atom. The van der Waals surface area contributed by atoms with E-state index >= 15 is 0 Å². The molecule has 1 aromatic carbocycles. The lowest BCUT2D eigenvalue weighted by molar-refractivity contribution is -0.120. The molecule has 1 amide bonds. The van der Waals surface area contributed by atoms with Crippen molar-refractivity contribution >= 4 is 11.6 Å². The Kier molecular flexibility index (Phi) is 2.46. The van der Waals surface area contributed by atoms with Crippen molar-refractivity contribution in [2.45, 2.75) is 12.3 Å². The maximum absolute atomic E-state index is 12.2. The van der Waals surface area contributed by atoms with Crippen LogP contribution in [0.25, 0.3) is 0 Å². The van der Waals surface area contributed by atoms with Gasteiger partial charge in [-0.15, -0.1) is 0 Å². The summed E-state index contributed by atoms with van der Waals surface area (Å²) in [7, 11) is 3.38. The summed E-state index contributed by atoms with van der Waals surface area (Å²) in [5, 5.41) is 0. The normalized spacial score (nSPS) is 23.9. The van der Waals surface area contributed by atoms with Gasteiger partial charge in [0, 0.05) is 12.7 Å². The fourth-order valence-corrected chi connectivity index (χ4v) is 2.14. The predicted octanol–water partition coefficient (Wildman–Crippen LogP) is 2.08. The highest BCUT2D eigenvalue weighted by atomic mass is 16.5. The maximum atomic E-state index is 12.2. The molecular weight excluding hydrogens is 202 g/mol. The third kappa shape index (κ3) is 1.32. The van der Waals surface area contributed by atoms with E-state index in [1.54, 1.807) is 31.4 Å². The van der Waals surface area contributed by atoms with Gasteiger partial charge in [0.25, 0.3) is 0 Å². The molecule has 84 valence electrons. The lowest BCUT2D eigenvalue weighted by Gasteiger charge is -2.18. The quantitative estimate of drug-likeness (QED) is 0.710. The number of ether oxygens (including phenoxy) is 1. The van der Waals surface area contributed by atoms with Crippen molar-refractivity contribution in [2.24, 2.45) is 0 Å². The summed E-state index contributed by atoms with van der Waals surface area (Å²) in [6.45, 7) is 1.91. The van der Waals surface area contributed by atoms with Crippen LogP contribution in [0, 0.1) is 0 Å². The van der Waals surface area contributed by atoms with E-state index in [0.29, 0.717) is 0 Å². The number of anilines is 1. The first kappa shape index (κ1) is 10.7. The molecule has 16 heavy (non-hydrogen) atoms. The molecule has 1 aliphatic heterocycles. The highest BCUT2D eigenvalue weighted by molar-refractivity contribution is 6.08. The van der Waals surface area contributed by atoms with Gasteiger partial charge in [-0.25, -0.2) is 0 Å². The van der Waals surface area contributed by atoms with E-state index in [-0.39, 0.29) is 5.91 Å². The van der Waals surface area contributed by atoms with Gasteiger partial charge in [0.05, 0.1) is 18.8 Å². The average Bonchev–Trinajstić information content (AvgIpc) is 2.51. The van der Waals surface area contributed by atoms with Crippen LogP contribution in [0.1, 0.15) is 12.5 Å². The zero-order chi connectivity index (χ0) is 11.8. The lowest BCUT2D eigenvalue weighted by Crippen LogP contribution is -2.34. The van der Waals surface area contributed by atoms with Crippen molar-refractivity contribution in [2.75, 3.05) is 19.1 Å². The summed E-state index contributed by atoms with van der Waals surface area (Å²) in [5.41, 5.74) is 1.38. The standard InChI is InChI=1S/C13H15NO2/c1-13(8-9-16-3)10-6-4-5-7-11(10)14(2)12(13)15/h4-9H,1-3H3/b9-8+/t13-/m1/s1. The lowest BCUT2D eigenvalue weighted by atomic mass is 9.84. The molecule has 1 atom stereocenters. The van der Waals surface area contributed by atoms with Gasteiger partial charge in [-0.05, 0) is 24.6 Å². The molecule has 1 heterocycles. The van der Waals surface area contributed by atoms with E-state index < -0.39 is 5.41 Å². The number of fused-ring (bicyclic) bond motifs is 1. The van der Waals surface area contributed by atoms with E-state index in [9.17, 15) is 4.79 Å². The molecule has 0 aliphatic carbocycles. The summed E-state index contributed by atoms with van der Waals surface area (Å²) in [5.74, 6) is 0.0713. The number of methoxy groups -OCH3 is 1. The van der Waals surface area contributed by atoms with E-state index in [2.05, 4.69) is 0 Å². The first-order valence-electron chi connectivity index (χ1n) is 5.19. The van der Waals surface area contributed by atoms with Crippen LogP contribution in [0.3, 0.4) is 0 Å². The number of carbonyl (C=O) groups is 1. The molecular formula is C13H15NO2. The van der Waals surface area contributed by atoms with Crippen molar-refractivity contribution in [3.8, 4) is 0 Å². The highest BCUT2D eigenvalue weighted by Crippen LogP contribution is 2.41. The number of carbonyl (C=O) groups excluding carboxylic acids is 1. The van der Waals surface area contributed by atoms with Crippen molar-refractivity contribution in [1.29, 1.82) is 0 Å². The maximum Gasteiger partial charge on any atom is 0.241 e. The Bertz CT molecular complexity index is 453. The van der Waals surface area contributed by atoms with Crippen molar-refractivity contribution in [3.63, 3.8) is 0 Å². The van der Waals surface area contributed by atoms with Crippen molar-refractivity contribution < 1.29 is 9.53 Å². The molecule has 0 radical (unpaired) electrons. The van der Waals surface area contributed by atoms with Crippen LogP contribution in [0.2, 0.25) is 0 Å². The Labute approximate surface area is 95.3 Å². The number of hydrogen-bond donors (Lipinski definition) is 0. The van der Waals surface area contributed by atoms with Gasteiger partial charge in [0.15, 0.2) is 0 Å². The topological polar surface area (TPSA) is 29.5 Å². The SMILES string of the molecule is CO/C=C/[C@@]1(C)C(=O)N(C)c2ccccc21. The van der Waals surface area contributed by atoms with Crippen molar-refractivity contribution in [3.05, 3.63) is 42.2 Å². The number of hydrogen-bond acceptors (Lipinski definition) is 2. The van der Waals surface area contributed by atoms with Crippen LogP contribution in [-0.4, -0.2) is 20.1 Å². The number of para-hydroxylation sites is 1. The molecule has 0 saturated heterocycles. The molecule has 3 nitrogen and oxygen atoms in total. The highest BCUT2D eigenvalue weighted by Gasteiger charge is 2.43. The van der Waals surface area contributed by atoms with Gasteiger partial charge in [-0.3, -0.25) is 4.79 Å². The monoisotopic (exact) mass is 217 g/mol. The van der Waals surface area contributed by atoms with Crippen LogP contribution >= 0.6 is 0 Å². The van der Waals surface area contributed by atoms with Gasteiger partial charge < -0.3 is 9.64 Å². The average molecular weight is 217 g/mol. The van der Waals surface area contributed by atoms with Crippen molar-refractivity contribution in [1.82, 2.24) is 0 Å². The minimum atomic E-state index is -0.610. The third-order valence-corrected chi connectivity index (χ3v) is 3.11. The zero-order valence-corrected chi connectivity index (χ0v) is 9.73. The largest absolute Gasteiger partial charge is 0.505 e. The minimum Gasteiger partial charge on any atom is -0.505 e. The number of likely N-dealkylation sites (N-methyl/N-ethyl adjacent to an activating group) is 1. The number of amides is 1. The molecule has 0 fully saturated rings. The fourth-order valence-electron chi connectivity index (χ4n) is 2.14. The molecule has 0 saturated carbocycles. The molecule has 1 aliphatic rings. The molecule has 3 heteroatoms. The number of benzene rings is 1. The van der Waals surface area contributed by atoms with E-state index in [0.717, 1.165) is 11.3 Å². The van der Waals surface area contributed by atoms with E-state index in [1.807, 2.05) is 31.2 Å². The fraction of sp³-hybridized carbons (Fsp3) is 0.308. The number of rotatable bonds is 2. The summed E-state index contributed by atoms with van der Waals surface area (Å²) in [6.07, 6.45) is 3.37. The second kappa shape index (κ2) is 3.67. The third-order valence-electron chi connectivity index (χ3n) is 3.11. The summed E-state index contributed by atoms with van der Waals surface area (Å²) < 4.78 is 4.92. The molecule has 0 unspecified atom stereocenters. The Morgan fingerprint density at radius 3 is 2.75 bits per heavy atom. The molecule has 1 aromatic rings. The van der Waals surface area contributed by atoms with E-state index in [1.165, 1.54) is 0 Å². The minimum absolute atomic E-state index is 0.0713. The van der Waals surface area contributed by atoms with Crippen LogP contribution in [0.15, 0.2) is 36.6 Å². The first-order chi connectivity index (χ1) is 7.61. The molecule has 0 N–H and O–H groups in total. The number of nitrogens with zero attached hydrogens (tertiary/aromatic N) is 1. The summed E-state index contributed by atoms with van der Waals surface area (Å²) in [4.78, 5) is 13.9. The van der Waals surface area contributed by atoms with Crippen LogP contribution in [-0.2, 0) is 14.9 Å². The van der Waals surface area contributed by atoms with Gasteiger partial charge in [-0.2, -0.15) is 0 Å². The summed E-state index contributed by atoms with van der Waals surface area (Å²) in [6, 6.07) is 7.83. The van der Waals surface area contributed by atoms with Gasteiger partial charge in [0.2, 0.25) is 5.91 Å². The van der Waals surface area contributed by atoms with Gasteiger partial charge >= 0.3 is 0 Å². The smallest absolute Gasteiger partial charge is 0.241 e. The Hall–Kier alpha value is -1.77. The first-order valence-corrected chi connectivity index (χ1v) is 5.19. The second-order valence-corrected chi connectivity index (χ2v) is 4.12. The molecule has 2 rings (SSSR count). The van der Waals surface area contributed by atoms with Crippen LogP contribution in [0.4, 0.5) is 5.69 Å². The molecule has 0 aromatic heterocycles. The van der Waals surface area contributed by atoms with Gasteiger partial charge in [0.1, 0.15) is 0 Å². The Morgan fingerprint density at radius 1 is 1.38 bits per heavy atom. The molecule has 0 bridgehead atoms.